The second-order valence-electron chi connectivity index (χ2n) is 2.99. The zero-order valence-corrected chi connectivity index (χ0v) is 7.25. The first-order chi connectivity index (χ1) is 6.95. The molecule has 0 bridgehead atoms. The topological polar surface area (TPSA) is 51.6 Å². The lowest BCUT2D eigenvalue weighted by molar-refractivity contribution is 1.01. The molecule has 0 saturated heterocycles. The van der Waals surface area contributed by atoms with Crippen LogP contribution in [0.2, 0.25) is 0 Å². The van der Waals surface area contributed by atoms with Gasteiger partial charge in [-0.05, 0) is 12.1 Å². The van der Waals surface area contributed by atoms with Gasteiger partial charge < -0.3 is 0 Å². The summed E-state index contributed by atoms with van der Waals surface area (Å²) in [6.45, 7) is 0. The maximum Gasteiger partial charge on any atom is 0.204 e. The van der Waals surface area contributed by atoms with Crippen molar-refractivity contribution in [2.45, 2.75) is 0 Å². The molecule has 0 radical (unpaired) electrons. The second kappa shape index (κ2) is 2.70. The monoisotopic (exact) mass is 182 g/mol. The third-order valence-electron chi connectivity index (χ3n) is 2.15. The molecule has 2 heterocycles. The summed E-state index contributed by atoms with van der Waals surface area (Å²) in [4.78, 5) is 0. The molecule has 0 atom stereocenters. The van der Waals surface area contributed by atoms with Crippen molar-refractivity contribution in [2.24, 2.45) is 0 Å². The largest absolute Gasteiger partial charge is 0.204 e. The zero-order valence-electron chi connectivity index (χ0n) is 7.25. The normalized spacial score (nSPS) is 10.9. The third kappa shape index (κ3) is 0.939. The molecule has 14 heavy (non-hydrogen) atoms. The molecule has 0 aliphatic rings. The van der Waals surface area contributed by atoms with Gasteiger partial charge in [-0.3, -0.25) is 0 Å². The highest BCUT2D eigenvalue weighted by molar-refractivity contribution is 6.01. The maximum absolute atomic E-state index is 4.06. The first kappa shape index (κ1) is 7.32. The van der Waals surface area contributed by atoms with Crippen molar-refractivity contribution >= 4 is 21.9 Å². The van der Waals surface area contributed by atoms with Gasteiger partial charge in [0.25, 0.3) is 0 Å². The molecule has 0 saturated carbocycles. The molecule has 0 unspecified atom stereocenters. The van der Waals surface area contributed by atoms with Crippen molar-refractivity contribution < 1.29 is 0 Å². The minimum Gasteiger partial charge on any atom is -0.157 e. The van der Waals surface area contributed by atoms with E-state index in [0.29, 0.717) is 5.65 Å². The highest BCUT2D eigenvalue weighted by Gasteiger charge is 2.01. The van der Waals surface area contributed by atoms with Crippen molar-refractivity contribution in [3.63, 3.8) is 0 Å². The lowest BCUT2D eigenvalue weighted by atomic mass is 10.2. The van der Waals surface area contributed by atoms with Gasteiger partial charge in [0.1, 0.15) is 0 Å². The van der Waals surface area contributed by atoms with Crippen molar-refractivity contribution in [1.29, 1.82) is 0 Å². The highest BCUT2D eigenvalue weighted by atomic mass is 15.2. The molecular weight excluding hydrogens is 176 g/mol. The maximum atomic E-state index is 4.06. The number of benzene rings is 1. The molecule has 0 amide bonds. The van der Waals surface area contributed by atoms with E-state index in [1.54, 1.807) is 6.20 Å². The third-order valence-corrected chi connectivity index (χ3v) is 2.15. The molecule has 1 aromatic carbocycles. The molecule has 66 valence electrons. The Morgan fingerprint density at radius 2 is 1.71 bits per heavy atom. The summed E-state index contributed by atoms with van der Waals surface area (Å²) in [5.74, 6) is 0. The Labute approximate surface area is 79.6 Å². The van der Waals surface area contributed by atoms with Crippen LogP contribution >= 0.6 is 0 Å². The molecule has 0 aliphatic carbocycles. The van der Waals surface area contributed by atoms with Gasteiger partial charge in [0.05, 0.1) is 11.7 Å². The van der Waals surface area contributed by atoms with Crippen LogP contribution in [0, 0.1) is 0 Å². The van der Waals surface area contributed by atoms with Crippen molar-refractivity contribution in [1.82, 2.24) is 20.4 Å². The van der Waals surface area contributed by atoms with Gasteiger partial charge in [0, 0.05) is 10.8 Å². The van der Waals surface area contributed by atoms with Gasteiger partial charge in [-0.15, -0.1) is 15.3 Å². The summed E-state index contributed by atoms with van der Waals surface area (Å²) in [6.07, 6.45) is 1.66. The molecule has 0 fully saturated rings. The van der Waals surface area contributed by atoms with Crippen LogP contribution in [0.5, 0.6) is 0 Å². The van der Waals surface area contributed by atoms with Crippen LogP contribution in [0.15, 0.2) is 36.5 Å². The minimum atomic E-state index is 0.589. The van der Waals surface area contributed by atoms with E-state index in [0.717, 1.165) is 16.3 Å². The highest BCUT2D eigenvalue weighted by Crippen LogP contribution is 2.18. The molecule has 0 aliphatic heterocycles. The minimum absolute atomic E-state index is 0.589. The Balaban J connectivity index is 2.61. The van der Waals surface area contributed by atoms with Crippen molar-refractivity contribution in [2.75, 3.05) is 0 Å². The van der Waals surface area contributed by atoms with Crippen LogP contribution in [0.25, 0.3) is 21.9 Å². The Morgan fingerprint density at radius 1 is 0.786 bits per heavy atom. The van der Waals surface area contributed by atoms with E-state index in [1.165, 1.54) is 0 Å². The Bertz CT molecular complexity index is 551. The lowest BCUT2D eigenvalue weighted by Crippen LogP contribution is -1.90. The summed E-state index contributed by atoms with van der Waals surface area (Å²) in [5.41, 5.74) is 1.47. The van der Waals surface area contributed by atoms with E-state index in [9.17, 15) is 0 Å². The number of fused-ring (bicyclic) bond motifs is 3. The van der Waals surface area contributed by atoms with Gasteiger partial charge in [0.2, 0.25) is 5.65 Å². The van der Waals surface area contributed by atoms with Gasteiger partial charge in [0.15, 0.2) is 0 Å². The molecule has 0 N–H and O–H groups in total. The van der Waals surface area contributed by atoms with Crippen LogP contribution < -0.4 is 0 Å². The molecule has 4 nitrogen and oxygen atoms in total. The standard InChI is InChI=1S/C10H6N4/c1-2-4-9-7(3-1)8-5-6-11-13-10(8)14-12-9/h1-6H. The molecule has 0 spiro atoms. The predicted octanol–water partition coefficient (Wildman–Crippen LogP) is 1.57. The first-order valence-corrected chi connectivity index (χ1v) is 4.28. The second-order valence-corrected chi connectivity index (χ2v) is 2.99. The Morgan fingerprint density at radius 3 is 2.71 bits per heavy atom. The van der Waals surface area contributed by atoms with E-state index in [4.69, 9.17) is 0 Å². The van der Waals surface area contributed by atoms with Crippen LogP contribution in [-0.2, 0) is 0 Å². The van der Waals surface area contributed by atoms with Crippen LogP contribution in [0.3, 0.4) is 0 Å². The molecule has 2 aromatic heterocycles. The van der Waals surface area contributed by atoms with Gasteiger partial charge in [-0.2, -0.15) is 5.10 Å². The quantitative estimate of drug-likeness (QED) is 0.495. The number of hydrogen-bond acceptors (Lipinski definition) is 4. The molecule has 3 rings (SSSR count). The summed E-state index contributed by atoms with van der Waals surface area (Å²) in [5, 5.41) is 17.8. The fraction of sp³-hybridized carbons (Fsp3) is 0. The van der Waals surface area contributed by atoms with E-state index in [-0.39, 0.29) is 0 Å². The van der Waals surface area contributed by atoms with E-state index < -0.39 is 0 Å². The van der Waals surface area contributed by atoms with Crippen LogP contribution in [0.4, 0.5) is 0 Å². The lowest BCUT2D eigenvalue weighted by Gasteiger charge is -1.98. The average Bonchev–Trinajstić information content (AvgIpc) is 2.29. The van der Waals surface area contributed by atoms with Crippen molar-refractivity contribution in [3.8, 4) is 0 Å². The molecular formula is C10H6N4. The number of rotatable bonds is 0. The summed E-state index contributed by atoms with van der Waals surface area (Å²) < 4.78 is 0. The van der Waals surface area contributed by atoms with Crippen LogP contribution in [0.1, 0.15) is 0 Å². The smallest absolute Gasteiger partial charge is 0.157 e. The Kier molecular flexibility index (Phi) is 1.41. The fourth-order valence-corrected chi connectivity index (χ4v) is 1.50. The summed E-state index contributed by atoms with van der Waals surface area (Å²) in [6, 6.07) is 9.76. The SMILES string of the molecule is c1ccc2c(c1)nnc1nnccc12. The van der Waals surface area contributed by atoms with E-state index in [1.807, 2.05) is 30.3 Å². The van der Waals surface area contributed by atoms with Crippen LogP contribution in [-0.4, -0.2) is 20.4 Å². The first-order valence-electron chi connectivity index (χ1n) is 4.28. The predicted molar refractivity (Wildman–Crippen MR) is 52.6 cm³/mol. The average molecular weight is 182 g/mol. The number of hydrogen-bond donors (Lipinski definition) is 0. The Hall–Kier alpha value is -2.10. The van der Waals surface area contributed by atoms with E-state index in [2.05, 4.69) is 20.4 Å². The summed E-state index contributed by atoms with van der Waals surface area (Å²) >= 11 is 0. The van der Waals surface area contributed by atoms with Gasteiger partial charge in [-0.25, -0.2) is 0 Å². The summed E-state index contributed by atoms with van der Waals surface area (Å²) in [7, 11) is 0. The number of nitrogens with zero attached hydrogens (tertiary/aromatic N) is 4. The van der Waals surface area contributed by atoms with Crippen molar-refractivity contribution in [3.05, 3.63) is 36.5 Å². The van der Waals surface area contributed by atoms with Gasteiger partial charge >= 0.3 is 0 Å². The van der Waals surface area contributed by atoms with Gasteiger partial charge in [-0.1, -0.05) is 18.2 Å². The fourth-order valence-electron chi connectivity index (χ4n) is 1.50. The molecule has 3 aromatic rings. The zero-order chi connectivity index (χ0) is 9.38. The van der Waals surface area contributed by atoms with E-state index >= 15 is 0 Å². The molecule has 4 heteroatoms. The number of aromatic nitrogens is 4.